The molecule has 0 saturated carbocycles. The second kappa shape index (κ2) is 8.96. The van der Waals surface area contributed by atoms with Crippen LogP contribution >= 0.6 is 11.6 Å². The van der Waals surface area contributed by atoms with Crippen molar-refractivity contribution in [1.29, 1.82) is 0 Å². The Morgan fingerprint density at radius 1 is 1.19 bits per heavy atom. The van der Waals surface area contributed by atoms with Crippen LogP contribution in [-0.4, -0.2) is 40.8 Å². The summed E-state index contributed by atoms with van der Waals surface area (Å²) in [6, 6.07) is 11.4. The third-order valence-electron chi connectivity index (χ3n) is 3.56. The molecule has 0 fully saturated rings. The zero-order valence-corrected chi connectivity index (χ0v) is 16.8. The Kier molecular flexibility index (Phi) is 6.92. The molecule has 0 radical (unpaired) electrons. The first-order valence-corrected chi connectivity index (χ1v) is 10.3. The second-order valence-corrected chi connectivity index (χ2v) is 7.88. The number of methoxy groups -OCH3 is 1. The van der Waals surface area contributed by atoms with Crippen LogP contribution in [0.2, 0.25) is 5.02 Å². The number of nitrogens with zero attached hydrogens (tertiary/aromatic N) is 1. The maximum atomic E-state index is 12.4. The fourth-order valence-electron chi connectivity index (χ4n) is 2.40. The smallest absolute Gasteiger partial charge is 0.245 e. The highest BCUT2D eigenvalue weighted by molar-refractivity contribution is 7.92. The Hall–Kier alpha value is -2.45. The number of benzene rings is 2. The summed E-state index contributed by atoms with van der Waals surface area (Å²) in [7, 11) is -2.23. The first kappa shape index (κ1) is 20.9. The van der Waals surface area contributed by atoms with Crippen LogP contribution < -0.4 is 19.1 Å². The molecule has 0 heterocycles. The molecular formula is C18H21ClN2O5S. The maximum absolute atomic E-state index is 12.4. The molecule has 2 aromatic carbocycles. The lowest BCUT2D eigenvalue weighted by Crippen LogP contribution is -2.37. The number of amides is 1. The number of carbonyl (C=O) groups is 1. The van der Waals surface area contributed by atoms with Crippen LogP contribution in [0, 0.1) is 0 Å². The molecule has 0 aliphatic carbocycles. The molecule has 2 rings (SSSR count). The van der Waals surface area contributed by atoms with Crippen LogP contribution in [0.1, 0.15) is 6.92 Å². The van der Waals surface area contributed by atoms with E-state index in [-0.39, 0.29) is 0 Å². The topological polar surface area (TPSA) is 84.9 Å². The van der Waals surface area contributed by atoms with Gasteiger partial charge in [0.2, 0.25) is 15.9 Å². The molecule has 9 heteroatoms. The summed E-state index contributed by atoms with van der Waals surface area (Å²) in [5.74, 6) is 0.330. The predicted octanol–water partition coefficient (Wildman–Crippen LogP) is 3.15. The van der Waals surface area contributed by atoms with E-state index < -0.39 is 22.5 Å². The lowest BCUT2D eigenvalue weighted by molar-refractivity contribution is -0.114. The van der Waals surface area contributed by atoms with E-state index in [2.05, 4.69) is 5.32 Å². The zero-order valence-electron chi connectivity index (χ0n) is 15.2. The van der Waals surface area contributed by atoms with Gasteiger partial charge in [-0.05, 0) is 37.3 Å². The monoisotopic (exact) mass is 412 g/mol. The molecular weight excluding hydrogens is 392 g/mol. The number of sulfonamides is 1. The molecule has 1 amide bonds. The summed E-state index contributed by atoms with van der Waals surface area (Å²) in [5, 5.41) is 2.96. The normalized spacial score (nSPS) is 11.0. The summed E-state index contributed by atoms with van der Waals surface area (Å²) in [5.41, 5.74) is 0.724. The highest BCUT2D eigenvalue weighted by Gasteiger charge is 2.24. The molecule has 1 N–H and O–H groups in total. The van der Waals surface area contributed by atoms with Crippen LogP contribution in [-0.2, 0) is 14.8 Å². The Labute approximate surface area is 163 Å². The molecule has 0 unspecified atom stereocenters. The third kappa shape index (κ3) is 5.51. The van der Waals surface area contributed by atoms with Gasteiger partial charge in [0.15, 0.2) is 0 Å². The van der Waals surface area contributed by atoms with E-state index in [1.54, 1.807) is 43.3 Å². The van der Waals surface area contributed by atoms with Crippen molar-refractivity contribution in [3.8, 4) is 11.5 Å². The third-order valence-corrected chi connectivity index (χ3v) is 4.98. The zero-order chi connectivity index (χ0) is 20.0. The molecule has 0 aromatic heterocycles. The van der Waals surface area contributed by atoms with Crippen molar-refractivity contribution >= 4 is 38.9 Å². The molecule has 27 heavy (non-hydrogen) atoms. The van der Waals surface area contributed by atoms with Gasteiger partial charge in [-0.15, -0.1) is 0 Å². The van der Waals surface area contributed by atoms with Gasteiger partial charge in [0.05, 0.1) is 30.7 Å². The lowest BCUT2D eigenvalue weighted by atomic mass is 10.3. The maximum Gasteiger partial charge on any atom is 0.245 e. The number of hydrogen-bond acceptors (Lipinski definition) is 5. The molecule has 146 valence electrons. The molecule has 2 aromatic rings. The number of nitrogens with one attached hydrogen (secondary N) is 1. The van der Waals surface area contributed by atoms with Crippen LogP contribution in [0.5, 0.6) is 11.5 Å². The number of rotatable bonds is 8. The molecule has 0 spiro atoms. The van der Waals surface area contributed by atoms with E-state index in [1.165, 1.54) is 13.2 Å². The van der Waals surface area contributed by atoms with E-state index in [4.69, 9.17) is 21.1 Å². The van der Waals surface area contributed by atoms with Gasteiger partial charge in [0.1, 0.15) is 18.0 Å². The van der Waals surface area contributed by atoms with E-state index in [0.717, 1.165) is 10.6 Å². The van der Waals surface area contributed by atoms with Crippen molar-refractivity contribution in [3.63, 3.8) is 0 Å². The summed E-state index contributed by atoms with van der Waals surface area (Å²) < 4.78 is 36.1. The lowest BCUT2D eigenvalue weighted by Gasteiger charge is -2.24. The summed E-state index contributed by atoms with van der Waals surface area (Å²) in [6.45, 7) is 1.75. The van der Waals surface area contributed by atoms with Crippen molar-refractivity contribution in [3.05, 3.63) is 47.5 Å². The number of halogens is 1. The minimum absolute atomic E-state index is 0.296. The van der Waals surface area contributed by atoms with Crippen LogP contribution in [0.25, 0.3) is 0 Å². The first-order chi connectivity index (χ1) is 12.8. The van der Waals surface area contributed by atoms with Crippen LogP contribution in [0.15, 0.2) is 42.5 Å². The number of anilines is 2. The number of para-hydroxylation sites is 2. The molecule has 0 bridgehead atoms. The fourth-order valence-corrected chi connectivity index (χ4v) is 3.51. The number of carbonyl (C=O) groups excluding carboxylic acids is 1. The van der Waals surface area contributed by atoms with E-state index in [9.17, 15) is 13.2 Å². The largest absolute Gasteiger partial charge is 0.495 e. The Morgan fingerprint density at radius 3 is 2.48 bits per heavy atom. The van der Waals surface area contributed by atoms with Gasteiger partial charge in [0.25, 0.3) is 0 Å². The summed E-state index contributed by atoms with van der Waals surface area (Å²) in [4.78, 5) is 12.4. The summed E-state index contributed by atoms with van der Waals surface area (Å²) >= 11 is 6.04. The van der Waals surface area contributed by atoms with Gasteiger partial charge >= 0.3 is 0 Å². The standard InChI is InChI=1S/C18H21ClN2O5S/c1-4-26-17-8-6-5-7-15(17)21(27(3,23)24)12-18(22)20-13-9-10-16(25-2)14(19)11-13/h5-11H,4,12H2,1-3H3,(H,20,22). The predicted molar refractivity (Wildman–Crippen MR) is 106 cm³/mol. The van der Waals surface area contributed by atoms with Crippen molar-refractivity contribution in [2.75, 3.05) is 36.1 Å². The molecule has 0 aliphatic heterocycles. The summed E-state index contributed by atoms with van der Waals surface area (Å²) in [6.07, 6.45) is 1.03. The van der Waals surface area contributed by atoms with E-state index in [1.807, 2.05) is 0 Å². The van der Waals surface area contributed by atoms with Gasteiger partial charge in [-0.25, -0.2) is 8.42 Å². The molecule has 0 atom stereocenters. The van der Waals surface area contributed by atoms with E-state index in [0.29, 0.717) is 34.5 Å². The SMILES string of the molecule is CCOc1ccccc1N(CC(=O)Nc1ccc(OC)c(Cl)c1)S(C)(=O)=O. The highest BCUT2D eigenvalue weighted by Crippen LogP contribution is 2.30. The van der Waals surface area contributed by atoms with Crippen molar-refractivity contribution in [2.24, 2.45) is 0 Å². The molecule has 7 nitrogen and oxygen atoms in total. The molecule has 0 aliphatic rings. The number of ether oxygens (including phenoxy) is 2. The quantitative estimate of drug-likeness (QED) is 0.719. The van der Waals surface area contributed by atoms with Crippen molar-refractivity contribution in [1.82, 2.24) is 0 Å². The number of hydrogen-bond donors (Lipinski definition) is 1. The van der Waals surface area contributed by atoms with Crippen LogP contribution in [0.3, 0.4) is 0 Å². The average molecular weight is 413 g/mol. The van der Waals surface area contributed by atoms with Gasteiger partial charge in [-0.1, -0.05) is 23.7 Å². The minimum atomic E-state index is -3.72. The Morgan fingerprint density at radius 2 is 1.89 bits per heavy atom. The van der Waals surface area contributed by atoms with Gasteiger partial charge < -0.3 is 14.8 Å². The Balaban J connectivity index is 2.25. The second-order valence-electron chi connectivity index (χ2n) is 5.57. The van der Waals surface area contributed by atoms with Gasteiger partial charge in [-0.3, -0.25) is 9.10 Å². The fraction of sp³-hybridized carbons (Fsp3) is 0.278. The first-order valence-electron chi connectivity index (χ1n) is 8.09. The van der Waals surface area contributed by atoms with Gasteiger partial charge in [-0.2, -0.15) is 0 Å². The van der Waals surface area contributed by atoms with E-state index >= 15 is 0 Å². The Bertz CT molecular complexity index is 918. The highest BCUT2D eigenvalue weighted by atomic mass is 35.5. The molecule has 0 saturated heterocycles. The van der Waals surface area contributed by atoms with Crippen LogP contribution in [0.4, 0.5) is 11.4 Å². The van der Waals surface area contributed by atoms with Crippen molar-refractivity contribution < 1.29 is 22.7 Å². The van der Waals surface area contributed by atoms with Crippen molar-refractivity contribution in [2.45, 2.75) is 6.92 Å². The minimum Gasteiger partial charge on any atom is -0.495 e. The average Bonchev–Trinajstić information content (AvgIpc) is 2.60. The van der Waals surface area contributed by atoms with Gasteiger partial charge in [0, 0.05) is 5.69 Å².